The van der Waals surface area contributed by atoms with Gasteiger partial charge in [0.05, 0.1) is 12.7 Å². The van der Waals surface area contributed by atoms with E-state index >= 15 is 0 Å². The van der Waals surface area contributed by atoms with E-state index in [1.807, 2.05) is 37.3 Å². The summed E-state index contributed by atoms with van der Waals surface area (Å²) in [6.07, 6.45) is 1.09. The molecule has 1 aliphatic heterocycles. The molecule has 2 aromatic carbocycles. The van der Waals surface area contributed by atoms with E-state index in [2.05, 4.69) is 34.5 Å². The summed E-state index contributed by atoms with van der Waals surface area (Å²) in [7, 11) is 0. The number of rotatable bonds is 6. The van der Waals surface area contributed by atoms with Crippen molar-refractivity contribution in [3.63, 3.8) is 0 Å². The molecule has 2 aromatic rings. The number of hydrogen-bond donors (Lipinski definition) is 1. The molecule has 0 spiro atoms. The van der Waals surface area contributed by atoms with Crippen molar-refractivity contribution < 1.29 is 9.53 Å². The molecule has 4 nitrogen and oxygen atoms in total. The first-order chi connectivity index (χ1) is 12.2. The molecule has 0 saturated carbocycles. The van der Waals surface area contributed by atoms with Gasteiger partial charge in [-0.1, -0.05) is 48.0 Å². The van der Waals surface area contributed by atoms with Crippen molar-refractivity contribution in [1.29, 1.82) is 0 Å². The minimum atomic E-state index is 0.00383. The molecule has 1 heterocycles. The van der Waals surface area contributed by atoms with Crippen LogP contribution in [0.25, 0.3) is 0 Å². The van der Waals surface area contributed by atoms with Crippen molar-refractivity contribution in [2.24, 2.45) is 0 Å². The molecule has 25 heavy (non-hydrogen) atoms. The lowest BCUT2D eigenvalue weighted by Crippen LogP contribution is -2.39. The van der Waals surface area contributed by atoms with E-state index in [9.17, 15) is 4.79 Å². The molecule has 1 atom stereocenters. The van der Waals surface area contributed by atoms with Crippen LogP contribution in [0.3, 0.4) is 0 Å². The minimum absolute atomic E-state index is 0.00383. The average molecular weight is 338 g/mol. The molecule has 1 amide bonds. The van der Waals surface area contributed by atoms with E-state index in [1.165, 1.54) is 5.56 Å². The van der Waals surface area contributed by atoms with Crippen LogP contribution in [0, 0.1) is 6.92 Å². The molecule has 1 fully saturated rings. The molecule has 3 rings (SSSR count). The molecular formula is C21H26N2O2. The number of ether oxygens (including phenoxy) is 1. The maximum atomic E-state index is 12.1. The number of amides is 1. The zero-order valence-electron chi connectivity index (χ0n) is 14.8. The van der Waals surface area contributed by atoms with Crippen LogP contribution in [-0.2, 0) is 4.74 Å². The van der Waals surface area contributed by atoms with Crippen molar-refractivity contribution in [2.75, 3.05) is 32.8 Å². The quantitative estimate of drug-likeness (QED) is 0.823. The zero-order valence-corrected chi connectivity index (χ0v) is 14.8. The summed E-state index contributed by atoms with van der Waals surface area (Å²) in [5.74, 6) is 0.00383. The first-order valence-corrected chi connectivity index (χ1v) is 8.96. The number of nitrogens with zero attached hydrogens (tertiary/aromatic N) is 1. The van der Waals surface area contributed by atoms with Crippen molar-refractivity contribution >= 4 is 5.91 Å². The van der Waals surface area contributed by atoms with E-state index in [4.69, 9.17) is 4.74 Å². The second-order valence-electron chi connectivity index (χ2n) is 6.55. The molecule has 4 heteroatoms. The lowest BCUT2D eigenvalue weighted by molar-refractivity contribution is -0.0301. The molecule has 0 aliphatic carbocycles. The number of carbonyl (C=O) groups excluding carboxylic acids is 1. The van der Waals surface area contributed by atoms with Gasteiger partial charge >= 0.3 is 0 Å². The Labute approximate surface area is 149 Å². The summed E-state index contributed by atoms with van der Waals surface area (Å²) in [5.41, 5.74) is 3.12. The average Bonchev–Trinajstić information content (AvgIpc) is 2.66. The van der Waals surface area contributed by atoms with E-state index in [0.29, 0.717) is 6.54 Å². The molecule has 1 aliphatic rings. The Bertz CT molecular complexity index is 670. The Morgan fingerprint density at radius 3 is 2.68 bits per heavy atom. The molecule has 1 unspecified atom stereocenters. The first-order valence-electron chi connectivity index (χ1n) is 8.96. The lowest BCUT2D eigenvalue weighted by Gasteiger charge is -2.33. The Morgan fingerprint density at radius 1 is 1.16 bits per heavy atom. The number of morpholine rings is 1. The number of nitrogens with one attached hydrogen (secondary N) is 1. The smallest absolute Gasteiger partial charge is 0.251 e. The number of aryl methyl sites for hydroxylation is 1. The fourth-order valence-electron chi connectivity index (χ4n) is 3.09. The van der Waals surface area contributed by atoms with Gasteiger partial charge in [-0.2, -0.15) is 0 Å². The van der Waals surface area contributed by atoms with Crippen LogP contribution in [0.15, 0.2) is 54.6 Å². The molecular weight excluding hydrogens is 312 g/mol. The third-order valence-corrected chi connectivity index (χ3v) is 4.57. The van der Waals surface area contributed by atoms with Gasteiger partial charge in [-0.05, 0) is 31.0 Å². The van der Waals surface area contributed by atoms with Gasteiger partial charge in [0, 0.05) is 31.7 Å². The molecule has 0 radical (unpaired) electrons. The van der Waals surface area contributed by atoms with Crippen LogP contribution >= 0.6 is 0 Å². The van der Waals surface area contributed by atoms with Gasteiger partial charge in [-0.25, -0.2) is 0 Å². The van der Waals surface area contributed by atoms with Crippen LogP contribution in [0.4, 0.5) is 0 Å². The van der Waals surface area contributed by atoms with Crippen LogP contribution < -0.4 is 5.32 Å². The Morgan fingerprint density at radius 2 is 1.92 bits per heavy atom. The second kappa shape index (κ2) is 8.79. The highest BCUT2D eigenvalue weighted by Crippen LogP contribution is 2.21. The Kier molecular flexibility index (Phi) is 6.20. The van der Waals surface area contributed by atoms with Crippen LogP contribution in [0.1, 0.15) is 34.0 Å². The van der Waals surface area contributed by atoms with Crippen LogP contribution in [-0.4, -0.2) is 43.6 Å². The summed E-state index contributed by atoms with van der Waals surface area (Å²) < 4.78 is 5.89. The molecule has 1 N–H and O–H groups in total. The standard InChI is InChI=1S/C21H26N2O2/c1-17-8-10-19(11-9-17)21(24)22-12-5-13-23-14-15-25-20(16-23)18-6-3-2-4-7-18/h2-4,6-11,20H,5,12-16H2,1H3,(H,22,24). The number of hydrogen-bond acceptors (Lipinski definition) is 3. The minimum Gasteiger partial charge on any atom is -0.371 e. The third-order valence-electron chi connectivity index (χ3n) is 4.57. The highest BCUT2D eigenvalue weighted by Gasteiger charge is 2.21. The fraction of sp³-hybridized carbons (Fsp3) is 0.381. The summed E-state index contributed by atoms with van der Waals surface area (Å²) in [4.78, 5) is 14.5. The van der Waals surface area contributed by atoms with Crippen molar-refractivity contribution in [3.05, 3.63) is 71.3 Å². The van der Waals surface area contributed by atoms with Crippen LogP contribution in [0.5, 0.6) is 0 Å². The van der Waals surface area contributed by atoms with Gasteiger partial charge in [0.15, 0.2) is 0 Å². The highest BCUT2D eigenvalue weighted by atomic mass is 16.5. The largest absolute Gasteiger partial charge is 0.371 e. The number of carbonyl (C=O) groups is 1. The maximum Gasteiger partial charge on any atom is 0.251 e. The van der Waals surface area contributed by atoms with Crippen molar-refractivity contribution in [1.82, 2.24) is 10.2 Å². The predicted octanol–water partition coefficient (Wildman–Crippen LogP) is 3.19. The van der Waals surface area contributed by atoms with E-state index in [-0.39, 0.29) is 12.0 Å². The Hall–Kier alpha value is -2.17. The van der Waals surface area contributed by atoms with Crippen LogP contribution in [0.2, 0.25) is 0 Å². The van der Waals surface area contributed by atoms with Gasteiger partial charge in [-0.3, -0.25) is 9.69 Å². The van der Waals surface area contributed by atoms with Gasteiger partial charge < -0.3 is 10.1 Å². The SMILES string of the molecule is Cc1ccc(C(=O)NCCCN2CCOC(c3ccccc3)C2)cc1. The van der Waals surface area contributed by atoms with Crippen molar-refractivity contribution in [2.45, 2.75) is 19.4 Å². The van der Waals surface area contributed by atoms with Gasteiger partial charge in [0.2, 0.25) is 0 Å². The maximum absolute atomic E-state index is 12.1. The van der Waals surface area contributed by atoms with E-state index in [0.717, 1.165) is 43.8 Å². The zero-order chi connectivity index (χ0) is 17.5. The highest BCUT2D eigenvalue weighted by molar-refractivity contribution is 5.94. The molecule has 0 aromatic heterocycles. The lowest BCUT2D eigenvalue weighted by atomic mass is 10.1. The molecule has 0 bridgehead atoms. The summed E-state index contributed by atoms with van der Waals surface area (Å²) >= 11 is 0. The van der Waals surface area contributed by atoms with Gasteiger partial charge in [-0.15, -0.1) is 0 Å². The predicted molar refractivity (Wildman–Crippen MR) is 99.7 cm³/mol. The van der Waals surface area contributed by atoms with Gasteiger partial charge in [0.1, 0.15) is 0 Å². The fourth-order valence-corrected chi connectivity index (χ4v) is 3.09. The molecule has 132 valence electrons. The number of benzene rings is 2. The monoisotopic (exact) mass is 338 g/mol. The van der Waals surface area contributed by atoms with Gasteiger partial charge in [0.25, 0.3) is 5.91 Å². The Balaban J connectivity index is 1.40. The van der Waals surface area contributed by atoms with E-state index < -0.39 is 0 Å². The third kappa shape index (κ3) is 5.15. The summed E-state index contributed by atoms with van der Waals surface area (Å²) in [6, 6.07) is 18.1. The summed E-state index contributed by atoms with van der Waals surface area (Å²) in [5, 5.41) is 3.00. The normalized spacial score (nSPS) is 18.0. The van der Waals surface area contributed by atoms with Crippen molar-refractivity contribution in [3.8, 4) is 0 Å². The first kappa shape index (κ1) is 17.6. The molecule has 1 saturated heterocycles. The topological polar surface area (TPSA) is 41.6 Å². The van der Waals surface area contributed by atoms with E-state index in [1.54, 1.807) is 0 Å². The second-order valence-corrected chi connectivity index (χ2v) is 6.55. The summed E-state index contributed by atoms with van der Waals surface area (Å²) in [6.45, 7) is 6.31.